The Morgan fingerprint density at radius 1 is 1.04 bits per heavy atom. The first-order valence-corrected chi connectivity index (χ1v) is 8.74. The second-order valence-electron chi connectivity index (χ2n) is 6.23. The summed E-state index contributed by atoms with van der Waals surface area (Å²) in [5.41, 5.74) is -1.94. The van der Waals surface area contributed by atoms with E-state index in [2.05, 4.69) is 15.5 Å². The van der Waals surface area contributed by atoms with Gasteiger partial charge in [-0.05, 0) is 24.5 Å². The summed E-state index contributed by atoms with van der Waals surface area (Å²) >= 11 is 0.169. The van der Waals surface area contributed by atoms with Gasteiger partial charge in [-0.3, -0.25) is 10.1 Å². The van der Waals surface area contributed by atoms with Crippen molar-refractivity contribution in [3.63, 3.8) is 0 Å². The van der Waals surface area contributed by atoms with Crippen molar-refractivity contribution in [2.24, 2.45) is 0 Å². The van der Waals surface area contributed by atoms with Gasteiger partial charge in [-0.15, -0.1) is 10.2 Å². The predicted molar refractivity (Wildman–Crippen MR) is 85.1 cm³/mol. The molecule has 1 heterocycles. The Balaban J connectivity index is 1.91. The van der Waals surface area contributed by atoms with Crippen LogP contribution < -0.4 is 5.32 Å². The van der Waals surface area contributed by atoms with Crippen molar-refractivity contribution in [3.8, 4) is 0 Å². The van der Waals surface area contributed by atoms with Crippen LogP contribution in [0.25, 0.3) is 0 Å². The van der Waals surface area contributed by atoms with E-state index >= 15 is 0 Å². The van der Waals surface area contributed by atoms with Crippen LogP contribution in [0, 0.1) is 0 Å². The Hall–Kier alpha value is -2.17. The number of amides is 1. The zero-order chi connectivity index (χ0) is 19.9. The molecule has 1 N–H and O–H groups in total. The molecule has 1 aliphatic carbocycles. The normalized spacial score (nSPS) is 17.1. The van der Waals surface area contributed by atoms with Crippen molar-refractivity contribution in [2.75, 3.05) is 5.32 Å². The molecular weight excluding hydrogens is 396 g/mol. The highest BCUT2D eigenvalue weighted by molar-refractivity contribution is 7.15. The van der Waals surface area contributed by atoms with Gasteiger partial charge in [0.1, 0.15) is 0 Å². The van der Waals surface area contributed by atoms with Gasteiger partial charge in [0.25, 0.3) is 0 Å². The van der Waals surface area contributed by atoms with Gasteiger partial charge in [0.15, 0.2) is 0 Å². The Kier molecular flexibility index (Phi) is 4.91. The van der Waals surface area contributed by atoms with Crippen LogP contribution in [0.5, 0.6) is 0 Å². The number of rotatable bonds is 3. The number of alkyl halides is 6. The smallest absolute Gasteiger partial charge is 0.300 e. The fraction of sp³-hybridized carbons (Fsp3) is 0.438. The van der Waals surface area contributed by atoms with Crippen molar-refractivity contribution in [1.82, 2.24) is 10.2 Å². The average molecular weight is 409 g/mol. The molecular formula is C16H13F6N3OS. The summed E-state index contributed by atoms with van der Waals surface area (Å²) < 4.78 is 76.9. The Labute approximate surface area is 153 Å². The van der Waals surface area contributed by atoms with E-state index in [1.165, 1.54) is 12.1 Å². The topological polar surface area (TPSA) is 54.9 Å². The number of halogens is 6. The largest absolute Gasteiger partial charge is 0.445 e. The number of nitrogens with zero attached hydrogens (tertiary/aromatic N) is 2. The number of hydrogen-bond donors (Lipinski definition) is 1. The summed E-state index contributed by atoms with van der Waals surface area (Å²) in [6.07, 6.45) is -7.42. The van der Waals surface area contributed by atoms with E-state index in [4.69, 9.17) is 0 Å². The summed E-state index contributed by atoms with van der Waals surface area (Å²) in [4.78, 5) is 12.8. The summed E-state index contributed by atoms with van der Waals surface area (Å²) in [5, 5.41) is 7.05. The summed E-state index contributed by atoms with van der Waals surface area (Å²) in [6.45, 7) is 0. The van der Waals surface area contributed by atoms with E-state index in [1.54, 1.807) is 0 Å². The van der Waals surface area contributed by atoms with E-state index < -0.39 is 34.2 Å². The van der Waals surface area contributed by atoms with Crippen molar-refractivity contribution >= 4 is 22.4 Å². The SMILES string of the molecule is O=C(Nc1nnc(C(F)(F)F)s1)C1(c2cccc(C(F)(F)F)c2)CCCC1. The van der Waals surface area contributed by atoms with E-state index in [1.807, 2.05) is 0 Å². The zero-order valence-electron chi connectivity index (χ0n) is 13.6. The molecule has 11 heteroatoms. The highest BCUT2D eigenvalue weighted by Crippen LogP contribution is 2.44. The van der Waals surface area contributed by atoms with Crippen LogP contribution in [-0.4, -0.2) is 16.1 Å². The number of benzene rings is 1. The van der Waals surface area contributed by atoms with Gasteiger partial charge < -0.3 is 0 Å². The molecule has 3 rings (SSSR count). The Morgan fingerprint density at radius 2 is 1.70 bits per heavy atom. The van der Waals surface area contributed by atoms with Gasteiger partial charge in [-0.1, -0.05) is 42.4 Å². The molecule has 1 aromatic heterocycles. The predicted octanol–water partition coefficient (Wildman–Crippen LogP) is 5.03. The molecule has 0 bridgehead atoms. The lowest BCUT2D eigenvalue weighted by Crippen LogP contribution is -2.38. The molecule has 0 unspecified atom stereocenters. The number of nitrogens with one attached hydrogen (secondary N) is 1. The van der Waals surface area contributed by atoms with Gasteiger partial charge in [0.05, 0.1) is 11.0 Å². The van der Waals surface area contributed by atoms with Crippen LogP contribution in [0.3, 0.4) is 0 Å². The first kappa shape index (κ1) is 19.6. The van der Waals surface area contributed by atoms with Crippen molar-refractivity contribution in [2.45, 2.75) is 43.5 Å². The standard InChI is InChI=1S/C16H13F6N3OS/c17-15(18,19)10-5-3-4-9(8-10)14(6-1-2-7-14)11(26)23-13-25-24-12(27-13)16(20,21)22/h3-5,8H,1-2,6-7H2,(H,23,25,26). The third-order valence-corrected chi connectivity index (χ3v) is 5.41. The van der Waals surface area contributed by atoms with Crippen LogP contribution in [0.4, 0.5) is 31.5 Å². The third kappa shape index (κ3) is 3.92. The van der Waals surface area contributed by atoms with E-state index in [9.17, 15) is 31.1 Å². The third-order valence-electron chi connectivity index (χ3n) is 4.52. The first-order chi connectivity index (χ1) is 12.5. The molecule has 27 heavy (non-hydrogen) atoms. The van der Waals surface area contributed by atoms with Crippen LogP contribution in [0.15, 0.2) is 24.3 Å². The number of hydrogen-bond acceptors (Lipinski definition) is 4. The minimum atomic E-state index is -4.69. The van der Waals surface area contributed by atoms with Crippen molar-refractivity contribution in [1.29, 1.82) is 0 Å². The summed E-state index contributed by atoms with van der Waals surface area (Å²) in [6, 6.07) is 4.48. The maximum absolute atomic E-state index is 13.0. The van der Waals surface area contributed by atoms with E-state index in [0.717, 1.165) is 12.1 Å². The lowest BCUT2D eigenvalue weighted by atomic mass is 9.77. The maximum atomic E-state index is 13.0. The zero-order valence-corrected chi connectivity index (χ0v) is 14.4. The second kappa shape index (κ2) is 6.77. The molecule has 1 aliphatic rings. The van der Waals surface area contributed by atoms with Crippen LogP contribution in [0.2, 0.25) is 0 Å². The van der Waals surface area contributed by atoms with Crippen LogP contribution in [-0.2, 0) is 22.6 Å². The fourth-order valence-corrected chi connectivity index (χ4v) is 3.83. The average Bonchev–Trinajstić information content (AvgIpc) is 3.23. The van der Waals surface area contributed by atoms with Crippen molar-refractivity contribution < 1.29 is 31.1 Å². The number of carbonyl (C=O) groups is 1. The molecule has 0 spiro atoms. The molecule has 0 radical (unpaired) electrons. The molecule has 1 aromatic carbocycles. The first-order valence-electron chi connectivity index (χ1n) is 7.92. The number of carbonyl (C=O) groups excluding carboxylic acids is 1. The molecule has 1 amide bonds. The summed E-state index contributed by atoms with van der Waals surface area (Å²) in [7, 11) is 0. The van der Waals surface area contributed by atoms with Crippen molar-refractivity contribution in [3.05, 3.63) is 40.4 Å². The molecule has 1 saturated carbocycles. The fourth-order valence-electron chi connectivity index (χ4n) is 3.22. The van der Waals surface area contributed by atoms with Gasteiger partial charge in [-0.2, -0.15) is 26.3 Å². The van der Waals surface area contributed by atoms with Crippen LogP contribution in [0.1, 0.15) is 41.8 Å². The minimum absolute atomic E-state index is 0.169. The molecule has 4 nitrogen and oxygen atoms in total. The molecule has 1 fully saturated rings. The lowest BCUT2D eigenvalue weighted by Gasteiger charge is -2.28. The molecule has 146 valence electrons. The van der Waals surface area contributed by atoms with Gasteiger partial charge in [0.2, 0.25) is 16.0 Å². The Bertz CT molecular complexity index is 839. The maximum Gasteiger partial charge on any atom is 0.445 e. The molecule has 0 saturated heterocycles. The van der Waals surface area contributed by atoms with E-state index in [0.29, 0.717) is 25.7 Å². The summed E-state index contributed by atoms with van der Waals surface area (Å²) in [5.74, 6) is -0.677. The Morgan fingerprint density at radius 3 is 2.26 bits per heavy atom. The second-order valence-corrected chi connectivity index (χ2v) is 7.21. The van der Waals surface area contributed by atoms with E-state index in [-0.39, 0.29) is 22.0 Å². The quantitative estimate of drug-likeness (QED) is 0.724. The lowest BCUT2D eigenvalue weighted by molar-refractivity contribution is -0.138. The molecule has 0 atom stereocenters. The number of aromatic nitrogens is 2. The van der Waals surface area contributed by atoms with Gasteiger partial charge in [-0.25, -0.2) is 0 Å². The molecule has 0 aliphatic heterocycles. The monoisotopic (exact) mass is 409 g/mol. The minimum Gasteiger partial charge on any atom is -0.300 e. The highest BCUT2D eigenvalue weighted by Gasteiger charge is 2.44. The number of anilines is 1. The highest BCUT2D eigenvalue weighted by atomic mass is 32.1. The molecule has 2 aromatic rings. The van der Waals surface area contributed by atoms with Gasteiger partial charge >= 0.3 is 12.4 Å². The van der Waals surface area contributed by atoms with Gasteiger partial charge in [0, 0.05) is 0 Å². The van der Waals surface area contributed by atoms with Crippen LogP contribution >= 0.6 is 11.3 Å².